The van der Waals surface area contributed by atoms with Gasteiger partial charge in [-0.2, -0.15) is 0 Å². The first-order valence-corrected chi connectivity index (χ1v) is 7.91. The molecule has 2 aromatic heterocycles. The Morgan fingerprint density at radius 1 is 0.720 bits per heavy atom. The van der Waals surface area contributed by atoms with Crippen LogP contribution in [0.5, 0.6) is 0 Å². The first-order chi connectivity index (χ1) is 12.1. The van der Waals surface area contributed by atoms with Crippen molar-refractivity contribution in [2.45, 2.75) is 0 Å². The maximum atomic E-state index is 12.5. The van der Waals surface area contributed by atoms with Crippen LogP contribution in [-0.4, -0.2) is 21.1 Å². The predicted octanol–water partition coefficient (Wildman–Crippen LogP) is 3.67. The number of benzene rings is 2. The van der Waals surface area contributed by atoms with E-state index in [-0.39, 0.29) is 0 Å². The molecule has 4 aromatic rings. The second-order valence-corrected chi connectivity index (χ2v) is 5.97. The molecule has 0 amide bonds. The van der Waals surface area contributed by atoms with E-state index in [0.29, 0.717) is 11.4 Å². The molecule has 5 heteroatoms. The zero-order valence-corrected chi connectivity index (χ0v) is 13.9. The van der Waals surface area contributed by atoms with Crippen molar-refractivity contribution in [1.82, 2.24) is 9.13 Å². The van der Waals surface area contributed by atoms with Gasteiger partial charge in [-0.25, -0.2) is 9.59 Å². The van der Waals surface area contributed by atoms with Crippen LogP contribution in [0, 0.1) is 0 Å². The maximum absolute atomic E-state index is 12.5. The van der Waals surface area contributed by atoms with Gasteiger partial charge in [0, 0.05) is 35.9 Å². The number of fused-ring (bicyclic) bond motifs is 2. The lowest BCUT2D eigenvalue weighted by atomic mass is 10.2. The molecule has 5 nitrogen and oxygen atoms in total. The summed E-state index contributed by atoms with van der Waals surface area (Å²) in [7, 11) is 3.56. The summed E-state index contributed by atoms with van der Waals surface area (Å²) < 4.78 is 8.58. The molecule has 0 saturated heterocycles. The average Bonchev–Trinajstić information content (AvgIpc) is 3.14. The number of hydrogen-bond donors (Lipinski definition) is 0. The third-order valence-corrected chi connectivity index (χ3v) is 4.51. The fraction of sp³-hybridized carbons (Fsp3) is 0.100. The highest BCUT2D eigenvalue weighted by Crippen LogP contribution is 2.21. The van der Waals surface area contributed by atoms with Gasteiger partial charge in [-0.05, 0) is 24.3 Å². The van der Waals surface area contributed by atoms with Crippen LogP contribution in [0.3, 0.4) is 0 Å². The number of aromatic nitrogens is 2. The number of aryl methyl sites for hydroxylation is 2. The lowest BCUT2D eigenvalue weighted by Crippen LogP contribution is -2.17. The summed E-state index contributed by atoms with van der Waals surface area (Å²) in [5.74, 6) is -1.32. The van der Waals surface area contributed by atoms with Gasteiger partial charge in [0.05, 0.1) is 0 Å². The van der Waals surface area contributed by atoms with E-state index in [1.54, 1.807) is 35.4 Å². The molecule has 0 aliphatic rings. The van der Waals surface area contributed by atoms with Gasteiger partial charge < -0.3 is 13.9 Å². The van der Waals surface area contributed by atoms with Crippen molar-refractivity contribution < 1.29 is 14.3 Å². The Labute approximate surface area is 144 Å². The van der Waals surface area contributed by atoms with Gasteiger partial charge in [-0.3, -0.25) is 0 Å². The SMILES string of the molecule is Cn1c(C(=O)OC(=O)c2cc3ccccc3n2C)cc2ccccc21. The standard InChI is InChI=1S/C20H16N2O3/c1-21-15-9-5-3-7-13(15)11-17(21)19(23)25-20(24)18-12-14-8-4-6-10-16(14)22(18)2/h3-12H,1-2H3. The summed E-state index contributed by atoms with van der Waals surface area (Å²) in [6.45, 7) is 0. The third-order valence-electron chi connectivity index (χ3n) is 4.51. The molecule has 0 bridgehead atoms. The molecule has 2 heterocycles. The van der Waals surface area contributed by atoms with Crippen LogP contribution in [0.4, 0.5) is 0 Å². The van der Waals surface area contributed by atoms with Gasteiger partial charge in [0.2, 0.25) is 0 Å². The third kappa shape index (κ3) is 2.41. The van der Waals surface area contributed by atoms with E-state index < -0.39 is 11.9 Å². The van der Waals surface area contributed by atoms with E-state index in [2.05, 4.69) is 0 Å². The van der Waals surface area contributed by atoms with E-state index in [4.69, 9.17) is 4.74 Å². The molecule has 0 aliphatic carbocycles. The van der Waals surface area contributed by atoms with Crippen LogP contribution in [-0.2, 0) is 18.8 Å². The van der Waals surface area contributed by atoms with Crippen molar-refractivity contribution in [3.05, 3.63) is 72.1 Å². The molecule has 0 atom stereocenters. The minimum atomic E-state index is -0.658. The zero-order valence-electron chi connectivity index (χ0n) is 13.9. The van der Waals surface area contributed by atoms with Crippen LogP contribution in [0.1, 0.15) is 21.0 Å². The highest BCUT2D eigenvalue weighted by Gasteiger charge is 2.21. The van der Waals surface area contributed by atoms with Gasteiger partial charge in [-0.1, -0.05) is 36.4 Å². The summed E-state index contributed by atoms with van der Waals surface area (Å²) in [6.07, 6.45) is 0. The minimum absolute atomic E-state index is 0.341. The largest absolute Gasteiger partial charge is 0.383 e. The van der Waals surface area contributed by atoms with E-state index >= 15 is 0 Å². The van der Waals surface area contributed by atoms with E-state index in [9.17, 15) is 9.59 Å². The molecule has 0 spiro atoms. The minimum Gasteiger partial charge on any atom is -0.383 e. The number of esters is 2. The summed E-state index contributed by atoms with van der Waals surface area (Å²) in [5, 5.41) is 1.85. The van der Waals surface area contributed by atoms with Crippen LogP contribution in [0.15, 0.2) is 60.7 Å². The number of nitrogens with zero attached hydrogens (tertiary/aromatic N) is 2. The summed E-state index contributed by atoms with van der Waals surface area (Å²) >= 11 is 0. The Morgan fingerprint density at radius 3 is 1.52 bits per heavy atom. The first kappa shape index (κ1) is 15.2. The molecule has 0 fully saturated rings. The van der Waals surface area contributed by atoms with Crippen LogP contribution in [0.25, 0.3) is 21.8 Å². The first-order valence-electron chi connectivity index (χ1n) is 7.91. The van der Waals surface area contributed by atoms with Gasteiger partial charge >= 0.3 is 11.9 Å². The van der Waals surface area contributed by atoms with Gasteiger partial charge in [0.15, 0.2) is 0 Å². The normalized spacial score (nSPS) is 11.1. The maximum Gasteiger partial charge on any atom is 0.362 e. The second kappa shape index (κ2) is 5.63. The van der Waals surface area contributed by atoms with Crippen molar-refractivity contribution in [2.75, 3.05) is 0 Å². The number of carbonyl (C=O) groups is 2. The molecule has 4 rings (SSSR count). The second-order valence-electron chi connectivity index (χ2n) is 5.97. The van der Waals surface area contributed by atoms with Crippen molar-refractivity contribution in [1.29, 1.82) is 0 Å². The lowest BCUT2D eigenvalue weighted by Gasteiger charge is -2.06. The van der Waals surface area contributed by atoms with Crippen molar-refractivity contribution in [3.63, 3.8) is 0 Å². The van der Waals surface area contributed by atoms with Crippen molar-refractivity contribution >= 4 is 33.7 Å². The fourth-order valence-electron chi connectivity index (χ4n) is 3.16. The monoisotopic (exact) mass is 332 g/mol. The summed E-state index contributed by atoms with van der Waals surface area (Å²) in [6, 6.07) is 18.7. The fourth-order valence-corrected chi connectivity index (χ4v) is 3.16. The van der Waals surface area contributed by atoms with Gasteiger partial charge in [0.1, 0.15) is 11.4 Å². The molecular formula is C20H16N2O3. The summed E-state index contributed by atoms with van der Waals surface area (Å²) in [5.41, 5.74) is 2.50. The Hall–Kier alpha value is -3.34. The van der Waals surface area contributed by atoms with Crippen molar-refractivity contribution in [3.8, 4) is 0 Å². The molecule has 0 saturated carbocycles. The number of para-hydroxylation sites is 2. The van der Waals surface area contributed by atoms with Gasteiger partial charge in [-0.15, -0.1) is 0 Å². The topological polar surface area (TPSA) is 53.2 Å². The van der Waals surface area contributed by atoms with Crippen LogP contribution >= 0.6 is 0 Å². The summed E-state index contributed by atoms with van der Waals surface area (Å²) in [4.78, 5) is 24.9. The molecule has 0 unspecified atom stereocenters. The number of ether oxygens (including phenoxy) is 1. The highest BCUT2D eigenvalue weighted by atomic mass is 16.6. The zero-order chi connectivity index (χ0) is 17.6. The molecule has 25 heavy (non-hydrogen) atoms. The number of hydrogen-bond acceptors (Lipinski definition) is 3. The molecule has 0 aliphatic heterocycles. The predicted molar refractivity (Wildman–Crippen MR) is 95.6 cm³/mol. The van der Waals surface area contributed by atoms with E-state index in [1.165, 1.54) is 0 Å². The average molecular weight is 332 g/mol. The lowest BCUT2D eigenvalue weighted by molar-refractivity contribution is 0.0385. The van der Waals surface area contributed by atoms with Crippen LogP contribution < -0.4 is 0 Å². The number of carbonyl (C=O) groups excluding carboxylic acids is 2. The van der Waals surface area contributed by atoms with E-state index in [1.807, 2.05) is 48.5 Å². The number of rotatable bonds is 2. The van der Waals surface area contributed by atoms with Gasteiger partial charge in [0.25, 0.3) is 0 Å². The Bertz CT molecular complexity index is 1040. The van der Waals surface area contributed by atoms with E-state index in [0.717, 1.165) is 21.8 Å². The Balaban J connectivity index is 1.66. The van der Waals surface area contributed by atoms with Crippen molar-refractivity contribution in [2.24, 2.45) is 14.1 Å². The Kier molecular flexibility index (Phi) is 3.42. The molecule has 2 aromatic carbocycles. The smallest absolute Gasteiger partial charge is 0.362 e. The highest BCUT2D eigenvalue weighted by molar-refractivity contribution is 6.05. The quantitative estimate of drug-likeness (QED) is 0.416. The Morgan fingerprint density at radius 2 is 1.12 bits per heavy atom. The molecule has 0 radical (unpaired) electrons. The molecular weight excluding hydrogens is 316 g/mol. The molecule has 124 valence electrons. The molecule has 0 N–H and O–H groups in total. The van der Waals surface area contributed by atoms with Crippen LogP contribution in [0.2, 0.25) is 0 Å².